The van der Waals surface area contributed by atoms with Gasteiger partial charge >= 0.3 is 5.97 Å². The number of ketones is 1. The third-order valence-electron chi connectivity index (χ3n) is 14.3. The topological polar surface area (TPSA) is 297 Å². The number of hydrogen-bond acceptors (Lipinski definition) is 16. The fourth-order valence-corrected chi connectivity index (χ4v) is 9.58. The van der Waals surface area contributed by atoms with Crippen LogP contribution in [0.5, 0.6) is 0 Å². The molecular weight excluding hydrogens is 925 g/mol. The van der Waals surface area contributed by atoms with Crippen LogP contribution in [-0.2, 0) is 47.8 Å². The zero-order chi connectivity index (χ0) is 53.6. The van der Waals surface area contributed by atoms with Gasteiger partial charge < -0.3 is 40.3 Å². The number of hydrazine groups is 2. The van der Waals surface area contributed by atoms with Gasteiger partial charge in [0.25, 0.3) is 23.6 Å². The van der Waals surface area contributed by atoms with E-state index in [1.54, 1.807) is 39.8 Å². The number of hydrogen-bond donors (Lipinski definition) is 8. The van der Waals surface area contributed by atoms with E-state index < -0.39 is 119 Å². The van der Waals surface area contributed by atoms with E-state index in [1.807, 2.05) is 20.8 Å². The summed E-state index contributed by atoms with van der Waals surface area (Å²) in [6.45, 7) is 19.2. The summed E-state index contributed by atoms with van der Waals surface area (Å²) in [6, 6.07) is -9.45. The highest BCUT2D eigenvalue weighted by atomic mass is 16.6. The first kappa shape index (κ1) is 58.7. The molecule has 22 nitrogen and oxygen atoms in total. The molecule has 0 unspecified atom stereocenters. The Hall–Kier alpha value is -4.84. The molecule has 4 heterocycles. The number of ether oxygens (including phenoxy) is 2. The molecule has 0 aromatic heterocycles. The summed E-state index contributed by atoms with van der Waals surface area (Å²) < 4.78 is 12.2. The quantitative estimate of drug-likeness (QED) is 0.0614. The van der Waals surface area contributed by atoms with Crippen LogP contribution >= 0.6 is 0 Å². The molecule has 400 valence electrons. The Bertz CT molecular complexity index is 2060. The maximum absolute atomic E-state index is 15.2. The van der Waals surface area contributed by atoms with Gasteiger partial charge in [0, 0.05) is 32.5 Å². The van der Waals surface area contributed by atoms with Crippen LogP contribution in [0.2, 0.25) is 0 Å². The summed E-state index contributed by atoms with van der Waals surface area (Å²) in [5, 5.41) is 54.0. The molecule has 0 spiro atoms. The van der Waals surface area contributed by atoms with Crippen molar-refractivity contribution in [1.82, 2.24) is 41.5 Å². The summed E-state index contributed by atoms with van der Waals surface area (Å²) in [6.07, 6.45) is 0.00218. The first-order valence-corrected chi connectivity index (χ1v) is 24.9. The molecule has 4 fully saturated rings. The summed E-state index contributed by atoms with van der Waals surface area (Å²) in [7, 11) is 1.33. The number of esters is 1. The molecule has 22 heteroatoms. The van der Waals surface area contributed by atoms with Crippen LogP contribution in [0.15, 0.2) is 23.3 Å². The normalized spacial score (nSPS) is 32.5. The molecule has 4 saturated heterocycles. The number of aliphatic hydroxyl groups excluding tert-OH is 1. The van der Waals surface area contributed by atoms with Gasteiger partial charge in [-0.3, -0.25) is 48.8 Å². The number of rotatable bonds is 11. The van der Waals surface area contributed by atoms with Gasteiger partial charge in [0.1, 0.15) is 36.3 Å². The number of likely N-dealkylation sites (N-methyl/N-ethyl adjacent to an activating group) is 1. The number of nitrogens with zero attached hydrogens (tertiary/aromatic N) is 4. The van der Waals surface area contributed by atoms with Crippen molar-refractivity contribution < 1.29 is 68.4 Å². The molecule has 6 amide bonds. The number of fused-ring (bicyclic) bond motifs is 2. The zero-order valence-corrected chi connectivity index (χ0v) is 43.7. The van der Waals surface area contributed by atoms with Crippen molar-refractivity contribution in [1.29, 1.82) is 0 Å². The molecule has 4 rings (SSSR count). The minimum atomic E-state index is -2.85. The van der Waals surface area contributed by atoms with Gasteiger partial charge in [-0.25, -0.2) is 20.7 Å². The third kappa shape index (κ3) is 13.0. The highest BCUT2D eigenvalue weighted by molar-refractivity contribution is 5.98. The van der Waals surface area contributed by atoms with Crippen LogP contribution in [0.1, 0.15) is 128 Å². The van der Waals surface area contributed by atoms with E-state index in [-0.39, 0.29) is 74.3 Å². The van der Waals surface area contributed by atoms with Crippen molar-refractivity contribution >= 4 is 47.2 Å². The van der Waals surface area contributed by atoms with E-state index in [2.05, 4.69) is 21.5 Å². The van der Waals surface area contributed by atoms with Gasteiger partial charge in [-0.05, 0) is 109 Å². The molecule has 0 aromatic rings. The highest BCUT2D eigenvalue weighted by Crippen LogP contribution is 2.41. The Kier molecular flexibility index (Phi) is 20.1. The predicted molar refractivity (Wildman–Crippen MR) is 256 cm³/mol. The number of hydroxylamine groups is 2. The minimum Gasteiger partial charge on any atom is -0.458 e. The molecule has 8 N–H and O–H groups in total. The molecule has 4 aliphatic rings. The summed E-state index contributed by atoms with van der Waals surface area (Å²) >= 11 is 0. The number of allylic oxidation sites excluding steroid dienone is 3. The van der Waals surface area contributed by atoms with E-state index in [0.717, 1.165) is 21.8 Å². The van der Waals surface area contributed by atoms with Crippen molar-refractivity contribution in [3.63, 3.8) is 0 Å². The monoisotopic (exact) mass is 1000 g/mol. The summed E-state index contributed by atoms with van der Waals surface area (Å²) in [4.78, 5) is 116. The van der Waals surface area contributed by atoms with Crippen molar-refractivity contribution in [2.75, 3.05) is 20.1 Å². The lowest BCUT2D eigenvalue weighted by Crippen LogP contribution is -2.70. The summed E-state index contributed by atoms with van der Waals surface area (Å²) in [5.74, 6) is -11.9. The smallest absolute Gasteiger partial charge is 0.331 e. The molecule has 0 saturated carbocycles. The van der Waals surface area contributed by atoms with Crippen LogP contribution in [0, 0.1) is 23.7 Å². The predicted octanol–water partition coefficient (Wildman–Crippen LogP) is 0.761. The van der Waals surface area contributed by atoms with E-state index in [9.17, 15) is 54.1 Å². The molecule has 13 atom stereocenters. The zero-order valence-electron chi connectivity index (χ0n) is 43.7. The Morgan fingerprint density at radius 3 is 2.03 bits per heavy atom. The van der Waals surface area contributed by atoms with Crippen LogP contribution in [0.25, 0.3) is 0 Å². The van der Waals surface area contributed by atoms with E-state index >= 15 is 4.79 Å². The molecule has 4 aliphatic heterocycles. The van der Waals surface area contributed by atoms with Crippen LogP contribution < -0.4 is 21.5 Å². The lowest BCUT2D eigenvalue weighted by molar-refractivity contribution is -0.321. The fourth-order valence-electron chi connectivity index (χ4n) is 9.58. The van der Waals surface area contributed by atoms with Gasteiger partial charge in [-0.15, -0.1) is 0 Å². The number of amides is 6. The van der Waals surface area contributed by atoms with Gasteiger partial charge in [0.2, 0.25) is 17.6 Å². The minimum absolute atomic E-state index is 0.0684. The van der Waals surface area contributed by atoms with Crippen LogP contribution in [-0.4, -0.2) is 174 Å². The number of Topliss-reactive ketones (excluding diaryl/α,β-unsaturated/α-hetero) is 1. The second-order valence-corrected chi connectivity index (χ2v) is 20.8. The van der Waals surface area contributed by atoms with Crippen molar-refractivity contribution in [2.45, 2.75) is 194 Å². The lowest BCUT2D eigenvalue weighted by atomic mass is 9.80. The first-order chi connectivity index (χ1) is 33.0. The molecule has 0 radical (unpaired) electrons. The van der Waals surface area contributed by atoms with E-state index in [1.165, 1.54) is 34.7 Å². The Balaban J connectivity index is 1.85. The average molecular weight is 1010 g/mol. The number of carbonyl (C=O) groups is 8. The SMILES string of the molecule is C/C=C(\C)C(=O)[C@@H](C)/C=C(\C)[C@H]1O[C@@](O)([C@@](C)(O)C(=O)N[C@@H]2C(=O)N3NCCC[C@@H]3C(=O)N(O)[C@@H](C)C(=O)N(C)[C@H](CC(C)C)C(=O)N3NCCC[C@H]3C(=O)N[C@H]([C@H](C)O)C(=O)O[C@H]2C(C)C)CC[C@@H]1C. The largest absolute Gasteiger partial charge is 0.458 e. The highest BCUT2D eigenvalue weighted by Gasteiger charge is 2.58. The number of carbonyl (C=O) groups excluding carboxylic acids is 8. The number of aliphatic hydroxyl groups is 3. The first-order valence-electron chi connectivity index (χ1n) is 24.9. The fraction of sp³-hybridized carbons (Fsp3) is 0.755. The lowest BCUT2D eigenvalue weighted by Gasteiger charge is -2.48. The van der Waals surface area contributed by atoms with Crippen molar-refractivity contribution in [3.05, 3.63) is 23.3 Å². The average Bonchev–Trinajstić information content (AvgIpc) is 3.33. The second-order valence-electron chi connectivity index (χ2n) is 20.8. The standard InChI is InChI=1S/C49H80N8O14/c1-14-27(6)38(59)29(8)24-30(9)40-28(7)19-20-49(68,71-40)48(12,67)47(66)53-37-39(26(4)5)70-46(65)36(32(11)58)52-41(60)33-17-15-21-50-55(33)43(62)35(23-25(2)3)54(13)42(61)31(10)57(69)44(63)34-18-16-22-51-56(34)45(37)64/h14,24-26,28-29,31-37,39-40,50-51,58,67-69H,15-23H2,1-13H3,(H,52,60)(H,53,66)/b27-14+,30-24+/t28-,29-,31-,32-,33-,34+,35+,36+,37-,39-,40-,48-,49+/m0/s1. The molecular formula is C49H80N8O14. The number of nitrogens with one attached hydrogen (secondary N) is 4. The van der Waals surface area contributed by atoms with Gasteiger partial charge in [-0.2, -0.15) is 0 Å². The molecule has 0 aromatic carbocycles. The summed E-state index contributed by atoms with van der Waals surface area (Å²) in [5.41, 5.74) is 4.03. The maximum Gasteiger partial charge on any atom is 0.331 e. The number of cyclic esters (lactones) is 1. The van der Waals surface area contributed by atoms with Crippen LogP contribution in [0.3, 0.4) is 0 Å². The van der Waals surface area contributed by atoms with Crippen LogP contribution in [0.4, 0.5) is 0 Å². The van der Waals surface area contributed by atoms with Crippen molar-refractivity contribution in [2.24, 2.45) is 23.7 Å². The van der Waals surface area contributed by atoms with E-state index in [4.69, 9.17) is 9.47 Å². The Morgan fingerprint density at radius 1 is 0.901 bits per heavy atom. The van der Waals surface area contributed by atoms with Gasteiger partial charge in [0.05, 0.1) is 12.2 Å². The van der Waals surface area contributed by atoms with E-state index in [0.29, 0.717) is 17.6 Å². The molecule has 0 bridgehead atoms. The maximum atomic E-state index is 15.2. The van der Waals surface area contributed by atoms with Gasteiger partial charge in [-0.1, -0.05) is 53.7 Å². The Morgan fingerprint density at radius 2 is 1.48 bits per heavy atom. The molecule has 71 heavy (non-hydrogen) atoms. The third-order valence-corrected chi connectivity index (χ3v) is 14.3. The van der Waals surface area contributed by atoms with Crippen molar-refractivity contribution in [3.8, 4) is 0 Å². The Labute approximate surface area is 417 Å². The second kappa shape index (κ2) is 24.3. The van der Waals surface area contributed by atoms with Gasteiger partial charge in [0.15, 0.2) is 17.4 Å². The molecule has 0 aliphatic carbocycles.